The smallest absolute Gasteiger partial charge is 0.237 e. The number of aliphatic hydroxyl groups excluding tert-OH is 1. The maximum atomic E-state index is 11.9. The molecule has 0 bridgehead atoms. The number of carbonyl (C=O) groups excluding carboxylic acids is 1. The van der Waals surface area contributed by atoms with E-state index < -0.39 is 12.1 Å². The summed E-state index contributed by atoms with van der Waals surface area (Å²) in [5.74, 6) is -0.183. The van der Waals surface area contributed by atoms with E-state index in [1.54, 1.807) is 0 Å². The molecule has 18 heavy (non-hydrogen) atoms. The molecule has 0 unspecified atom stereocenters. The van der Waals surface area contributed by atoms with Gasteiger partial charge in [-0.2, -0.15) is 0 Å². The molecule has 4 N–H and O–H groups in total. The van der Waals surface area contributed by atoms with Gasteiger partial charge in [0.25, 0.3) is 0 Å². The molecule has 1 aromatic rings. The second kappa shape index (κ2) is 5.50. The van der Waals surface area contributed by atoms with Crippen molar-refractivity contribution in [1.29, 1.82) is 0 Å². The Balaban J connectivity index is 2.08. The lowest BCUT2D eigenvalue weighted by Crippen LogP contribution is -2.44. The maximum Gasteiger partial charge on any atom is 0.237 e. The summed E-state index contributed by atoms with van der Waals surface area (Å²) in [5, 5.41) is 12.9. The van der Waals surface area contributed by atoms with Gasteiger partial charge in [-0.05, 0) is 17.5 Å². The summed E-state index contributed by atoms with van der Waals surface area (Å²) in [6, 6.07) is 6.98. The van der Waals surface area contributed by atoms with Gasteiger partial charge in [0.15, 0.2) is 0 Å². The van der Waals surface area contributed by atoms with Crippen molar-refractivity contribution in [2.45, 2.75) is 44.4 Å². The van der Waals surface area contributed by atoms with Crippen molar-refractivity contribution in [3.63, 3.8) is 0 Å². The van der Waals surface area contributed by atoms with Crippen LogP contribution in [-0.4, -0.2) is 23.2 Å². The van der Waals surface area contributed by atoms with Crippen LogP contribution in [0.4, 0.5) is 0 Å². The fraction of sp³-hybridized carbons (Fsp3) is 0.500. The third-order valence-corrected chi connectivity index (χ3v) is 3.44. The number of hydrogen-bond donors (Lipinski definition) is 3. The summed E-state index contributed by atoms with van der Waals surface area (Å²) in [6.07, 6.45) is 1.57. The van der Waals surface area contributed by atoms with Crippen LogP contribution in [0.1, 0.15) is 36.9 Å². The summed E-state index contributed by atoms with van der Waals surface area (Å²) in [7, 11) is 0. The van der Waals surface area contributed by atoms with Crippen molar-refractivity contribution in [3.8, 4) is 0 Å². The van der Waals surface area contributed by atoms with Gasteiger partial charge in [-0.1, -0.05) is 37.6 Å². The van der Waals surface area contributed by atoms with Crippen molar-refractivity contribution in [2.75, 3.05) is 0 Å². The first kappa shape index (κ1) is 13.1. The zero-order valence-corrected chi connectivity index (χ0v) is 10.6. The van der Waals surface area contributed by atoms with E-state index >= 15 is 0 Å². The van der Waals surface area contributed by atoms with E-state index in [0.29, 0.717) is 12.8 Å². The summed E-state index contributed by atoms with van der Waals surface area (Å²) in [6.45, 7) is 1.99. The van der Waals surface area contributed by atoms with E-state index in [9.17, 15) is 9.90 Å². The number of aliphatic hydroxyl groups is 1. The van der Waals surface area contributed by atoms with E-state index in [4.69, 9.17) is 5.73 Å². The summed E-state index contributed by atoms with van der Waals surface area (Å²) >= 11 is 0. The van der Waals surface area contributed by atoms with Crippen LogP contribution in [0.3, 0.4) is 0 Å². The van der Waals surface area contributed by atoms with E-state index in [0.717, 1.165) is 17.5 Å². The third-order valence-electron chi connectivity index (χ3n) is 3.44. The number of nitrogens with two attached hydrogens (primary N) is 1. The van der Waals surface area contributed by atoms with Gasteiger partial charge >= 0.3 is 0 Å². The molecule has 0 aliphatic heterocycles. The van der Waals surface area contributed by atoms with Crippen LogP contribution in [0.5, 0.6) is 0 Å². The molecule has 98 valence electrons. The molecule has 1 aliphatic rings. The topological polar surface area (TPSA) is 75.4 Å². The molecule has 2 rings (SSSR count). The highest BCUT2D eigenvalue weighted by atomic mass is 16.3. The van der Waals surface area contributed by atoms with Gasteiger partial charge in [-0.3, -0.25) is 4.79 Å². The highest BCUT2D eigenvalue weighted by molar-refractivity contribution is 5.82. The quantitative estimate of drug-likeness (QED) is 0.740. The van der Waals surface area contributed by atoms with Gasteiger partial charge < -0.3 is 16.2 Å². The molecule has 1 aliphatic carbocycles. The first-order chi connectivity index (χ1) is 8.63. The Morgan fingerprint density at radius 1 is 1.56 bits per heavy atom. The molecule has 0 aromatic heterocycles. The number of hydrogen-bond acceptors (Lipinski definition) is 3. The van der Waals surface area contributed by atoms with Gasteiger partial charge in [0.2, 0.25) is 5.91 Å². The predicted octanol–water partition coefficient (Wildman–Crippen LogP) is 0.888. The predicted molar refractivity (Wildman–Crippen MR) is 69.9 cm³/mol. The second-order valence-corrected chi connectivity index (χ2v) is 4.85. The fourth-order valence-corrected chi connectivity index (χ4v) is 2.45. The summed E-state index contributed by atoms with van der Waals surface area (Å²) in [5.41, 5.74) is 7.88. The van der Waals surface area contributed by atoms with Gasteiger partial charge in [0.1, 0.15) is 0 Å². The highest BCUT2D eigenvalue weighted by Gasteiger charge is 2.32. The van der Waals surface area contributed by atoms with Crippen LogP contribution >= 0.6 is 0 Å². The fourth-order valence-electron chi connectivity index (χ4n) is 2.45. The number of nitrogens with one attached hydrogen (secondary N) is 1. The molecule has 0 heterocycles. The molecular formula is C14H20N2O2. The lowest BCUT2D eigenvalue weighted by Gasteiger charge is -2.20. The van der Waals surface area contributed by atoms with Gasteiger partial charge in [-0.15, -0.1) is 0 Å². The number of carbonyl (C=O) groups is 1. The minimum atomic E-state index is -0.555. The van der Waals surface area contributed by atoms with Gasteiger partial charge in [0, 0.05) is 6.42 Å². The van der Waals surface area contributed by atoms with Gasteiger partial charge in [-0.25, -0.2) is 0 Å². The molecular weight excluding hydrogens is 228 g/mol. The molecule has 0 saturated heterocycles. The Bertz CT molecular complexity index is 434. The highest BCUT2D eigenvalue weighted by Crippen LogP contribution is 2.31. The molecule has 4 nitrogen and oxygen atoms in total. The Hall–Kier alpha value is -1.39. The third kappa shape index (κ3) is 2.54. The first-order valence-corrected chi connectivity index (χ1v) is 6.45. The van der Waals surface area contributed by atoms with Crippen molar-refractivity contribution >= 4 is 5.91 Å². The number of fused-ring (bicyclic) bond motifs is 1. The molecule has 1 amide bonds. The van der Waals surface area contributed by atoms with Gasteiger partial charge in [0.05, 0.1) is 18.2 Å². The maximum absolute atomic E-state index is 11.9. The lowest BCUT2D eigenvalue weighted by molar-refractivity contribution is -0.124. The Morgan fingerprint density at radius 3 is 3.00 bits per heavy atom. The van der Waals surface area contributed by atoms with E-state index in [-0.39, 0.29) is 11.9 Å². The van der Waals surface area contributed by atoms with Crippen LogP contribution in [0.25, 0.3) is 0 Å². The van der Waals surface area contributed by atoms with Crippen molar-refractivity contribution in [2.24, 2.45) is 5.73 Å². The molecule has 0 radical (unpaired) electrons. The van der Waals surface area contributed by atoms with Crippen LogP contribution < -0.4 is 11.1 Å². The Morgan fingerprint density at radius 2 is 2.28 bits per heavy atom. The minimum absolute atomic E-state index is 0.183. The Labute approximate surface area is 107 Å². The largest absolute Gasteiger partial charge is 0.390 e. The zero-order chi connectivity index (χ0) is 13.1. The molecule has 0 spiro atoms. The van der Waals surface area contributed by atoms with Crippen molar-refractivity contribution < 1.29 is 9.90 Å². The molecule has 0 saturated carbocycles. The van der Waals surface area contributed by atoms with Crippen LogP contribution in [-0.2, 0) is 11.2 Å². The number of rotatable bonds is 4. The number of amides is 1. The second-order valence-electron chi connectivity index (χ2n) is 4.85. The average Bonchev–Trinajstić information content (AvgIpc) is 2.66. The zero-order valence-electron chi connectivity index (χ0n) is 10.6. The Kier molecular flexibility index (Phi) is 3.99. The SMILES string of the molecule is CCC[C@@H](N)C(=O)N[C@@H]1c2ccccc2C[C@@H]1O. The lowest BCUT2D eigenvalue weighted by atomic mass is 10.1. The van der Waals surface area contributed by atoms with Crippen LogP contribution in [0.15, 0.2) is 24.3 Å². The summed E-state index contributed by atoms with van der Waals surface area (Å²) < 4.78 is 0. The minimum Gasteiger partial charge on any atom is -0.390 e. The van der Waals surface area contributed by atoms with E-state index in [2.05, 4.69) is 5.32 Å². The molecule has 0 fully saturated rings. The van der Waals surface area contributed by atoms with Crippen LogP contribution in [0, 0.1) is 0 Å². The first-order valence-electron chi connectivity index (χ1n) is 6.45. The normalized spacial score (nSPS) is 23.5. The number of benzene rings is 1. The van der Waals surface area contributed by atoms with E-state index in [1.165, 1.54) is 0 Å². The van der Waals surface area contributed by atoms with Crippen LogP contribution in [0.2, 0.25) is 0 Å². The molecule has 1 aromatic carbocycles. The monoisotopic (exact) mass is 248 g/mol. The molecule has 4 heteroatoms. The standard InChI is InChI=1S/C14H20N2O2/c1-2-5-11(15)14(18)16-13-10-7-4-3-6-9(10)8-12(13)17/h3-4,6-7,11-13,17H,2,5,8,15H2,1H3,(H,16,18)/t11-,12+,13-/m1/s1. The van der Waals surface area contributed by atoms with Crippen molar-refractivity contribution in [1.82, 2.24) is 5.32 Å². The van der Waals surface area contributed by atoms with E-state index in [1.807, 2.05) is 31.2 Å². The van der Waals surface area contributed by atoms with Crippen molar-refractivity contribution in [3.05, 3.63) is 35.4 Å². The average molecular weight is 248 g/mol. The summed E-state index contributed by atoms with van der Waals surface area (Å²) in [4.78, 5) is 11.9. The molecule has 3 atom stereocenters.